The topological polar surface area (TPSA) is 72.5 Å². The van der Waals surface area contributed by atoms with Crippen molar-refractivity contribution in [1.82, 2.24) is 0 Å². The molecule has 41 heavy (non-hydrogen) atoms. The summed E-state index contributed by atoms with van der Waals surface area (Å²) in [6, 6.07) is 18.2. The first kappa shape index (κ1) is 27.4. The number of ether oxygens (including phenoxy) is 6. The summed E-state index contributed by atoms with van der Waals surface area (Å²) < 4.78 is 35.0. The van der Waals surface area contributed by atoms with Gasteiger partial charge in [0, 0.05) is 24.7 Å². The van der Waals surface area contributed by atoms with Gasteiger partial charge in [0.1, 0.15) is 12.4 Å². The van der Waals surface area contributed by atoms with Crippen LogP contribution in [0.2, 0.25) is 0 Å². The first-order chi connectivity index (χ1) is 20.1. The van der Waals surface area contributed by atoms with E-state index in [1.54, 1.807) is 11.6 Å². The molecule has 0 bridgehead atoms. The molecule has 2 unspecified atom stereocenters. The van der Waals surface area contributed by atoms with Crippen molar-refractivity contribution in [3.8, 4) is 17.2 Å². The Morgan fingerprint density at radius 1 is 1.05 bits per heavy atom. The summed E-state index contributed by atoms with van der Waals surface area (Å²) in [5, 5.41) is 0. The van der Waals surface area contributed by atoms with Crippen molar-refractivity contribution in [1.29, 1.82) is 0 Å². The van der Waals surface area contributed by atoms with Gasteiger partial charge in [-0.3, -0.25) is 0 Å². The number of hydrogen-bond donors (Lipinski definition) is 0. The van der Waals surface area contributed by atoms with Crippen LogP contribution in [-0.4, -0.2) is 32.8 Å². The molecule has 3 aromatic rings. The third-order valence-electron chi connectivity index (χ3n) is 8.02. The molecular weight excluding hydrogens is 520 g/mol. The summed E-state index contributed by atoms with van der Waals surface area (Å²) in [5.41, 5.74) is 9.32. The van der Waals surface area contributed by atoms with Gasteiger partial charge >= 0.3 is 12.4 Å². The Morgan fingerprint density at radius 3 is 2.71 bits per heavy atom. The molecule has 2 aliphatic carbocycles. The lowest BCUT2D eigenvalue weighted by Gasteiger charge is -2.21. The summed E-state index contributed by atoms with van der Waals surface area (Å²) in [4.78, 5) is 13.4. The molecular formula is C34H36O7. The summed E-state index contributed by atoms with van der Waals surface area (Å²) >= 11 is 0. The van der Waals surface area contributed by atoms with Crippen molar-refractivity contribution in [3.05, 3.63) is 93.6 Å². The van der Waals surface area contributed by atoms with Gasteiger partial charge in [-0.1, -0.05) is 54.1 Å². The highest BCUT2D eigenvalue weighted by atomic mass is 16.9. The molecule has 0 fully saturated rings. The van der Waals surface area contributed by atoms with Crippen LogP contribution >= 0.6 is 0 Å². The monoisotopic (exact) mass is 556 g/mol. The predicted molar refractivity (Wildman–Crippen MR) is 154 cm³/mol. The molecule has 7 heteroatoms. The quantitative estimate of drug-likeness (QED) is 0.245. The van der Waals surface area contributed by atoms with E-state index in [2.05, 4.69) is 18.2 Å². The van der Waals surface area contributed by atoms with Crippen LogP contribution in [0.15, 0.2) is 60.2 Å². The van der Waals surface area contributed by atoms with Gasteiger partial charge in [-0.2, -0.15) is 0 Å². The number of benzene rings is 3. The summed E-state index contributed by atoms with van der Waals surface area (Å²) in [6.07, 6.45) is 4.36. The third-order valence-corrected chi connectivity index (χ3v) is 8.02. The Morgan fingerprint density at radius 2 is 1.90 bits per heavy atom. The molecule has 6 rings (SSSR count). The van der Waals surface area contributed by atoms with E-state index in [0.29, 0.717) is 48.0 Å². The van der Waals surface area contributed by atoms with Gasteiger partial charge in [-0.15, -0.1) is 0 Å². The molecule has 0 radical (unpaired) electrons. The molecule has 0 spiro atoms. The normalized spacial score (nSPS) is 17.4. The number of methoxy groups -OCH3 is 1. The summed E-state index contributed by atoms with van der Waals surface area (Å²) in [6.45, 7) is 3.87. The van der Waals surface area contributed by atoms with Gasteiger partial charge in [0.2, 0.25) is 0 Å². The van der Waals surface area contributed by atoms with Gasteiger partial charge in [0.25, 0.3) is 0 Å². The Labute approximate surface area is 241 Å². The smallest absolute Gasteiger partial charge is 0.361 e. The number of carbonyl (C=O) groups excluding carboxylic acids is 1. The van der Waals surface area contributed by atoms with Gasteiger partial charge in [-0.05, 0) is 73.4 Å². The zero-order valence-electron chi connectivity index (χ0n) is 23.9. The summed E-state index contributed by atoms with van der Waals surface area (Å²) in [7, 11) is 1.49. The van der Waals surface area contributed by atoms with Crippen LogP contribution in [0.3, 0.4) is 0 Å². The van der Waals surface area contributed by atoms with Crippen molar-refractivity contribution >= 4 is 11.5 Å². The second-order valence-electron chi connectivity index (χ2n) is 10.6. The molecule has 1 heterocycles. The fourth-order valence-electron chi connectivity index (χ4n) is 6.02. The molecule has 3 aromatic carbocycles. The SMILES string of the molecule is CCOC1Oc2cc(C(OC)C(=O)OCCc3ccc4c(c3)C3=C(CCC3)C4)c(OCc3ccccc3)c(C)c2O1. The van der Waals surface area contributed by atoms with Crippen LogP contribution in [0.25, 0.3) is 5.57 Å². The largest absolute Gasteiger partial charge is 0.488 e. The lowest BCUT2D eigenvalue weighted by atomic mass is 9.99. The van der Waals surface area contributed by atoms with Crippen LogP contribution in [0.1, 0.15) is 65.7 Å². The molecule has 1 aliphatic heterocycles. The Hall–Kier alpha value is -3.81. The maximum Gasteiger partial charge on any atom is 0.361 e. The Kier molecular flexibility index (Phi) is 7.99. The van der Waals surface area contributed by atoms with E-state index in [9.17, 15) is 4.79 Å². The van der Waals surface area contributed by atoms with Crippen molar-refractivity contribution in [2.75, 3.05) is 20.3 Å². The van der Waals surface area contributed by atoms with E-state index in [1.165, 1.54) is 48.6 Å². The van der Waals surface area contributed by atoms with Crippen LogP contribution in [0.4, 0.5) is 0 Å². The minimum absolute atomic E-state index is 0.250. The Bertz CT molecular complexity index is 1460. The number of allylic oxidation sites excluding steroid dienone is 2. The van der Waals surface area contributed by atoms with E-state index in [4.69, 9.17) is 28.4 Å². The van der Waals surface area contributed by atoms with Crippen molar-refractivity contribution < 1.29 is 33.2 Å². The number of rotatable bonds is 11. The molecule has 3 aliphatic rings. The number of fused-ring (bicyclic) bond motifs is 3. The molecule has 0 saturated heterocycles. The second kappa shape index (κ2) is 12.0. The van der Waals surface area contributed by atoms with Crippen molar-refractivity contribution in [2.24, 2.45) is 0 Å². The van der Waals surface area contributed by atoms with Gasteiger partial charge in [0.05, 0.1) is 13.2 Å². The van der Waals surface area contributed by atoms with Gasteiger partial charge in [0.15, 0.2) is 17.6 Å². The average Bonchev–Trinajstić information content (AvgIpc) is 3.69. The van der Waals surface area contributed by atoms with Gasteiger partial charge in [-0.25, -0.2) is 4.79 Å². The molecule has 0 aromatic heterocycles. The second-order valence-corrected chi connectivity index (χ2v) is 10.6. The average molecular weight is 557 g/mol. The van der Waals surface area contributed by atoms with Gasteiger partial charge < -0.3 is 28.4 Å². The first-order valence-corrected chi connectivity index (χ1v) is 14.4. The van der Waals surface area contributed by atoms with Crippen LogP contribution in [0, 0.1) is 6.92 Å². The van der Waals surface area contributed by atoms with Crippen LogP contribution in [-0.2, 0) is 38.5 Å². The molecule has 0 N–H and O–H groups in total. The van der Waals surface area contributed by atoms with E-state index in [1.807, 2.05) is 44.2 Å². The van der Waals surface area contributed by atoms with E-state index in [0.717, 1.165) is 12.0 Å². The zero-order valence-corrected chi connectivity index (χ0v) is 23.9. The first-order valence-electron chi connectivity index (χ1n) is 14.4. The molecule has 7 nitrogen and oxygen atoms in total. The standard InChI is InChI=1S/C34H36O7/c1-4-37-34-40-29-19-28(30(21(2)31(29)41-34)39-20-23-9-6-5-7-10-23)32(36-3)33(35)38-16-15-22-13-14-25-18-24-11-8-12-26(24)27(25)17-22/h5-7,9-10,13-14,17,19,32,34H,4,8,11-12,15-16,18,20H2,1-3H3. The van der Waals surface area contributed by atoms with Crippen LogP contribution in [0.5, 0.6) is 17.2 Å². The van der Waals surface area contributed by atoms with E-state index < -0.39 is 18.5 Å². The minimum Gasteiger partial charge on any atom is -0.488 e. The zero-order chi connectivity index (χ0) is 28.3. The van der Waals surface area contributed by atoms with E-state index >= 15 is 0 Å². The number of hydrogen-bond acceptors (Lipinski definition) is 7. The predicted octanol–water partition coefficient (Wildman–Crippen LogP) is 6.63. The summed E-state index contributed by atoms with van der Waals surface area (Å²) in [5.74, 6) is 1.00. The lowest BCUT2D eigenvalue weighted by molar-refractivity contribution is -0.173. The fourth-order valence-corrected chi connectivity index (χ4v) is 6.02. The highest BCUT2D eigenvalue weighted by molar-refractivity contribution is 5.80. The van der Waals surface area contributed by atoms with Crippen LogP contribution < -0.4 is 14.2 Å². The number of esters is 1. The fraction of sp³-hybridized carbons (Fsp3) is 0.382. The highest BCUT2D eigenvalue weighted by Gasteiger charge is 2.35. The Balaban J connectivity index is 1.19. The maximum absolute atomic E-state index is 13.4. The highest BCUT2D eigenvalue weighted by Crippen LogP contribution is 2.47. The molecule has 214 valence electrons. The maximum atomic E-state index is 13.4. The number of carbonyl (C=O) groups is 1. The molecule has 2 atom stereocenters. The van der Waals surface area contributed by atoms with E-state index in [-0.39, 0.29) is 6.61 Å². The lowest BCUT2D eigenvalue weighted by Crippen LogP contribution is -2.21. The third kappa shape index (κ3) is 5.56. The minimum atomic E-state index is -1.01. The molecule has 0 saturated carbocycles. The molecule has 0 amide bonds. The van der Waals surface area contributed by atoms with Crippen molar-refractivity contribution in [3.63, 3.8) is 0 Å². The van der Waals surface area contributed by atoms with Crippen molar-refractivity contribution in [2.45, 2.75) is 65.1 Å².